The number of phosphoric ester groups is 2. The number of carbonyl (C=O) groups excluding carboxylic acids is 4. The van der Waals surface area contributed by atoms with Crippen molar-refractivity contribution in [2.75, 3.05) is 39.6 Å². The molecule has 0 heterocycles. The zero-order chi connectivity index (χ0) is 79.2. The third-order valence-electron chi connectivity index (χ3n) is 21.0. The van der Waals surface area contributed by atoms with E-state index in [1.165, 1.54) is 295 Å². The van der Waals surface area contributed by atoms with Crippen molar-refractivity contribution in [2.24, 2.45) is 11.8 Å². The average molecular weight is 1580 g/mol. The van der Waals surface area contributed by atoms with Crippen molar-refractivity contribution < 1.29 is 80.2 Å². The topological polar surface area (TPSA) is 237 Å². The molecule has 0 bridgehead atoms. The van der Waals surface area contributed by atoms with E-state index in [1.807, 2.05) is 0 Å². The van der Waals surface area contributed by atoms with Gasteiger partial charge >= 0.3 is 39.5 Å². The summed E-state index contributed by atoms with van der Waals surface area (Å²) in [5.74, 6) is -0.513. The van der Waals surface area contributed by atoms with Gasteiger partial charge in [-0.2, -0.15) is 0 Å². The number of hydrogen-bond donors (Lipinski definition) is 3. The van der Waals surface area contributed by atoms with Crippen molar-refractivity contribution in [1.82, 2.24) is 0 Å². The van der Waals surface area contributed by atoms with Gasteiger partial charge in [-0.05, 0) is 37.5 Å². The van der Waals surface area contributed by atoms with Crippen molar-refractivity contribution in [3.05, 3.63) is 0 Å². The van der Waals surface area contributed by atoms with Crippen LogP contribution in [0.1, 0.15) is 478 Å². The van der Waals surface area contributed by atoms with Gasteiger partial charge in [0.05, 0.1) is 26.4 Å². The summed E-state index contributed by atoms with van der Waals surface area (Å²) >= 11 is 0. The largest absolute Gasteiger partial charge is 0.472 e. The average Bonchev–Trinajstić information content (AvgIpc) is 0.915. The molecule has 0 aromatic heterocycles. The Morgan fingerprint density at radius 3 is 0.630 bits per heavy atom. The minimum atomic E-state index is -4.97. The third-order valence-corrected chi connectivity index (χ3v) is 22.9. The molecule has 0 aromatic carbocycles. The number of carbonyl (C=O) groups is 4. The normalized spacial score (nSPS) is 13.8. The predicted molar refractivity (Wildman–Crippen MR) is 446 cm³/mol. The number of esters is 4. The second-order valence-electron chi connectivity index (χ2n) is 32.9. The summed E-state index contributed by atoms with van der Waals surface area (Å²) in [7, 11) is -9.93. The maximum Gasteiger partial charge on any atom is 0.472 e. The van der Waals surface area contributed by atoms with Gasteiger partial charge in [0.25, 0.3) is 0 Å². The van der Waals surface area contributed by atoms with Crippen LogP contribution >= 0.6 is 15.6 Å². The number of rotatable bonds is 88. The van der Waals surface area contributed by atoms with Crippen molar-refractivity contribution >= 4 is 39.5 Å². The number of ether oxygens (including phenoxy) is 4. The second kappa shape index (κ2) is 80.3. The molecule has 0 aliphatic heterocycles. The fraction of sp³-hybridized carbons (Fsp3) is 0.955. The van der Waals surface area contributed by atoms with E-state index >= 15 is 0 Å². The first-order valence-electron chi connectivity index (χ1n) is 46.0. The Morgan fingerprint density at radius 1 is 0.250 bits per heavy atom. The first-order chi connectivity index (χ1) is 52.4. The lowest BCUT2D eigenvalue weighted by atomic mass is 10.0. The maximum atomic E-state index is 13.2. The lowest BCUT2D eigenvalue weighted by molar-refractivity contribution is -0.161. The van der Waals surface area contributed by atoms with Crippen LogP contribution in [0.25, 0.3) is 0 Å². The molecule has 0 spiro atoms. The molecule has 0 saturated carbocycles. The highest BCUT2D eigenvalue weighted by atomic mass is 31.2. The number of aliphatic hydroxyl groups is 1. The molecule has 19 heteroatoms. The monoisotopic (exact) mass is 1580 g/mol. The van der Waals surface area contributed by atoms with Gasteiger partial charge in [0.2, 0.25) is 0 Å². The van der Waals surface area contributed by atoms with Crippen molar-refractivity contribution in [1.29, 1.82) is 0 Å². The van der Waals surface area contributed by atoms with Crippen LogP contribution in [-0.2, 0) is 65.4 Å². The van der Waals surface area contributed by atoms with E-state index in [4.69, 9.17) is 37.0 Å². The molecule has 0 fully saturated rings. The smallest absolute Gasteiger partial charge is 0.462 e. The van der Waals surface area contributed by atoms with Crippen molar-refractivity contribution in [3.63, 3.8) is 0 Å². The fourth-order valence-electron chi connectivity index (χ4n) is 14.0. The van der Waals surface area contributed by atoms with Gasteiger partial charge in [-0.15, -0.1) is 0 Å². The van der Waals surface area contributed by atoms with Crippen LogP contribution in [0.3, 0.4) is 0 Å². The molecular weight excluding hydrogens is 1400 g/mol. The summed E-state index contributed by atoms with van der Waals surface area (Å²) < 4.78 is 69.0. The molecule has 108 heavy (non-hydrogen) atoms. The number of hydrogen-bond acceptors (Lipinski definition) is 15. The van der Waals surface area contributed by atoms with Gasteiger partial charge in [0.15, 0.2) is 12.2 Å². The lowest BCUT2D eigenvalue weighted by Crippen LogP contribution is -2.30. The molecule has 5 atom stereocenters. The first-order valence-corrected chi connectivity index (χ1v) is 49.0. The standard InChI is InChI=1S/C89H174O17P2/c1-7-9-11-13-15-17-19-21-22-23-24-25-26-30-33-36-42-48-54-60-66-72-87(92)100-78-84(105-88(93)73-67-61-55-49-43-37-34-31-28-27-29-32-35-39-45-51-57-63-69-81(3)4)79-103-107(95,96)101-75-83(90)76-102-108(97,98)104-80-85(77-99-86(91)71-65-59-53-47-41-20-18-16-14-12-10-8-2)106-89(94)74-68-62-56-50-44-38-40-46-52-58-64-70-82(5)6/h81-85,90H,7-80H2,1-6H3,(H,95,96)(H,97,98)/t83-,84-,85-/m1/s1. The van der Waals surface area contributed by atoms with Gasteiger partial charge < -0.3 is 33.8 Å². The van der Waals surface area contributed by atoms with E-state index < -0.39 is 97.5 Å². The van der Waals surface area contributed by atoms with E-state index in [0.29, 0.717) is 25.7 Å². The zero-order valence-corrected chi connectivity index (χ0v) is 73.0. The van der Waals surface area contributed by atoms with Crippen LogP contribution in [0.4, 0.5) is 0 Å². The van der Waals surface area contributed by atoms with Crippen LogP contribution in [0.15, 0.2) is 0 Å². The van der Waals surface area contributed by atoms with E-state index in [0.717, 1.165) is 102 Å². The predicted octanol–water partition coefficient (Wildman–Crippen LogP) is 27.4. The third kappa shape index (κ3) is 82.1. The molecule has 642 valence electrons. The van der Waals surface area contributed by atoms with Crippen LogP contribution in [0, 0.1) is 11.8 Å². The Hall–Kier alpha value is -1.94. The number of aliphatic hydroxyl groups excluding tert-OH is 1. The summed E-state index contributed by atoms with van der Waals surface area (Å²) in [6.45, 7) is 9.72. The van der Waals surface area contributed by atoms with Gasteiger partial charge in [-0.3, -0.25) is 37.3 Å². The number of phosphoric acid groups is 2. The molecule has 0 aromatic rings. The van der Waals surface area contributed by atoms with Crippen molar-refractivity contribution in [3.8, 4) is 0 Å². The second-order valence-corrected chi connectivity index (χ2v) is 35.8. The number of unbranched alkanes of at least 4 members (excludes halogenated alkanes) is 58. The molecule has 17 nitrogen and oxygen atoms in total. The molecule has 2 unspecified atom stereocenters. The van der Waals surface area contributed by atoms with E-state index in [1.54, 1.807) is 0 Å². The van der Waals surface area contributed by atoms with Gasteiger partial charge in [-0.25, -0.2) is 9.13 Å². The molecule has 0 amide bonds. The Labute approximate surface area is 664 Å². The highest BCUT2D eigenvalue weighted by molar-refractivity contribution is 7.47. The van der Waals surface area contributed by atoms with E-state index in [-0.39, 0.29) is 25.7 Å². The molecule has 3 N–H and O–H groups in total. The summed E-state index contributed by atoms with van der Waals surface area (Å²) in [6, 6.07) is 0. The van der Waals surface area contributed by atoms with Crippen LogP contribution in [0.2, 0.25) is 0 Å². The van der Waals surface area contributed by atoms with Crippen LogP contribution < -0.4 is 0 Å². The highest BCUT2D eigenvalue weighted by Gasteiger charge is 2.31. The first kappa shape index (κ1) is 106. The molecule has 0 saturated heterocycles. The van der Waals surface area contributed by atoms with Crippen LogP contribution in [0.5, 0.6) is 0 Å². The maximum absolute atomic E-state index is 13.2. The minimum absolute atomic E-state index is 0.107. The molecule has 0 radical (unpaired) electrons. The Kier molecular flexibility index (Phi) is 78.8. The quantitative estimate of drug-likeness (QED) is 0.0222. The minimum Gasteiger partial charge on any atom is -0.462 e. The lowest BCUT2D eigenvalue weighted by Gasteiger charge is -2.21. The van der Waals surface area contributed by atoms with Gasteiger partial charge in [0.1, 0.15) is 19.3 Å². The van der Waals surface area contributed by atoms with Gasteiger partial charge in [-0.1, -0.05) is 427 Å². The molecule has 0 rings (SSSR count). The highest BCUT2D eigenvalue weighted by Crippen LogP contribution is 2.45. The summed E-state index contributed by atoms with van der Waals surface area (Å²) in [4.78, 5) is 73.3. The Morgan fingerprint density at radius 2 is 0.426 bits per heavy atom. The molecule has 0 aliphatic rings. The van der Waals surface area contributed by atoms with Crippen LogP contribution in [-0.4, -0.2) is 96.7 Å². The Balaban J connectivity index is 5.23. The molecular formula is C89H174O17P2. The zero-order valence-electron chi connectivity index (χ0n) is 71.2. The fourth-order valence-corrected chi connectivity index (χ4v) is 15.5. The Bertz CT molecular complexity index is 2060. The molecule has 0 aliphatic carbocycles. The summed E-state index contributed by atoms with van der Waals surface area (Å²) in [5, 5.41) is 10.7. The summed E-state index contributed by atoms with van der Waals surface area (Å²) in [5.41, 5.74) is 0. The van der Waals surface area contributed by atoms with Gasteiger partial charge in [0, 0.05) is 25.7 Å². The van der Waals surface area contributed by atoms with E-state index in [2.05, 4.69) is 41.5 Å². The van der Waals surface area contributed by atoms with Crippen molar-refractivity contribution in [2.45, 2.75) is 496 Å². The summed E-state index contributed by atoms with van der Waals surface area (Å²) in [6.07, 6.45) is 73.7. The SMILES string of the molecule is CCCCCCCCCCCCCCCCCCCCCCCC(=O)OC[C@H](COP(=O)(O)OC[C@@H](O)COP(=O)(O)OC[C@@H](COC(=O)CCCCCCCCCCCCCC)OC(=O)CCCCCCCCCCCCCC(C)C)OC(=O)CCCCCCCCCCCCCCCCCCCCC(C)C. The van der Waals surface area contributed by atoms with E-state index in [9.17, 15) is 43.2 Å².